The molecule has 0 spiro atoms. The van der Waals surface area contributed by atoms with E-state index in [1.807, 2.05) is 0 Å². The molecule has 1 aromatic rings. The van der Waals surface area contributed by atoms with E-state index in [0.717, 1.165) is 0 Å². The Bertz CT molecular complexity index is 453. The Morgan fingerprint density at radius 2 is 2.24 bits per heavy atom. The summed E-state index contributed by atoms with van der Waals surface area (Å²) in [4.78, 5) is 14.0. The maximum atomic E-state index is 12.1. The van der Waals surface area contributed by atoms with Crippen LogP contribution in [0, 0.1) is 0 Å². The number of amides is 1. The molecule has 92 valence electrons. The number of carbonyl (C=O) groups excluding carboxylic acids is 1. The number of nitrogens with two attached hydrogens (primary N) is 1. The lowest BCUT2D eigenvalue weighted by atomic mass is 10.2. The van der Waals surface area contributed by atoms with Gasteiger partial charge in [0.25, 0.3) is 5.91 Å². The van der Waals surface area contributed by atoms with Gasteiger partial charge < -0.3 is 10.6 Å². The zero-order valence-electron chi connectivity index (χ0n) is 9.24. The average Bonchev–Trinajstić information content (AvgIpc) is 2.28. The number of rotatable bonds is 4. The van der Waals surface area contributed by atoms with E-state index >= 15 is 0 Å². The lowest BCUT2D eigenvalue weighted by molar-refractivity contribution is 0.0799. The highest BCUT2D eigenvalue weighted by Gasteiger charge is 2.16. The molecule has 0 aliphatic heterocycles. The molecule has 1 aromatic carbocycles. The number of hydrogen-bond acceptors (Lipinski definition) is 2. The fourth-order valence-electron chi connectivity index (χ4n) is 1.25. The number of halogens is 2. The van der Waals surface area contributed by atoms with Crippen molar-refractivity contribution in [3.05, 3.63) is 33.3 Å². The van der Waals surface area contributed by atoms with Gasteiger partial charge in [0.15, 0.2) is 0 Å². The molecule has 0 saturated carbocycles. The van der Waals surface area contributed by atoms with Crippen molar-refractivity contribution in [1.29, 1.82) is 0 Å². The van der Waals surface area contributed by atoms with Crippen LogP contribution in [0.2, 0.25) is 5.02 Å². The predicted octanol–water partition coefficient (Wildman–Crippen LogP) is 2.85. The van der Waals surface area contributed by atoms with Crippen molar-refractivity contribution in [2.24, 2.45) is 5.73 Å². The van der Waals surface area contributed by atoms with Gasteiger partial charge in [0.2, 0.25) is 0 Å². The van der Waals surface area contributed by atoms with E-state index < -0.39 is 0 Å². The molecule has 0 bridgehead atoms. The Balaban J connectivity index is 2.82. The summed E-state index contributed by atoms with van der Waals surface area (Å²) in [6, 6.07) is 5.24. The third-order valence-electron chi connectivity index (χ3n) is 2.22. The summed E-state index contributed by atoms with van der Waals surface area (Å²) >= 11 is 14.1. The number of thiocarbonyl (C=S) groups is 1. The van der Waals surface area contributed by atoms with Crippen LogP contribution in [0.15, 0.2) is 22.7 Å². The van der Waals surface area contributed by atoms with Crippen molar-refractivity contribution in [2.45, 2.75) is 6.42 Å². The van der Waals surface area contributed by atoms with E-state index in [0.29, 0.717) is 33.0 Å². The van der Waals surface area contributed by atoms with Crippen LogP contribution in [-0.2, 0) is 0 Å². The van der Waals surface area contributed by atoms with Crippen molar-refractivity contribution in [1.82, 2.24) is 4.90 Å². The first-order chi connectivity index (χ1) is 7.93. The third-order valence-corrected chi connectivity index (χ3v) is 3.72. The van der Waals surface area contributed by atoms with Crippen molar-refractivity contribution < 1.29 is 4.79 Å². The molecule has 3 nitrogen and oxygen atoms in total. The Morgan fingerprint density at radius 3 is 2.82 bits per heavy atom. The molecule has 0 fully saturated rings. The Kier molecular flexibility index (Phi) is 5.36. The van der Waals surface area contributed by atoms with Gasteiger partial charge in [-0.2, -0.15) is 0 Å². The van der Waals surface area contributed by atoms with E-state index in [4.69, 9.17) is 29.6 Å². The summed E-state index contributed by atoms with van der Waals surface area (Å²) in [5.74, 6) is -0.146. The molecule has 1 rings (SSSR count). The van der Waals surface area contributed by atoms with Gasteiger partial charge in [0, 0.05) is 24.5 Å². The minimum Gasteiger partial charge on any atom is -0.393 e. The molecule has 0 atom stereocenters. The fraction of sp³-hybridized carbons (Fsp3) is 0.273. The summed E-state index contributed by atoms with van der Waals surface area (Å²) < 4.78 is 0.702. The molecule has 0 radical (unpaired) electrons. The molecule has 0 aliphatic carbocycles. The van der Waals surface area contributed by atoms with Crippen molar-refractivity contribution in [3.8, 4) is 0 Å². The molecule has 0 aromatic heterocycles. The molecule has 2 N–H and O–H groups in total. The minimum absolute atomic E-state index is 0.146. The van der Waals surface area contributed by atoms with E-state index in [1.165, 1.54) is 0 Å². The summed E-state index contributed by atoms with van der Waals surface area (Å²) in [5.41, 5.74) is 5.86. The predicted molar refractivity (Wildman–Crippen MR) is 77.5 cm³/mol. The monoisotopic (exact) mass is 334 g/mol. The van der Waals surface area contributed by atoms with Gasteiger partial charge in [-0.25, -0.2) is 0 Å². The second kappa shape index (κ2) is 6.33. The van der Waals surface area contributed by atoms with Crippen LogP contribution in [0.1, 0.15) is 16.8 Å². The Labute approximate surface area is 119 Å². The minimum atomic E-state index is -0.146. The second-order valence-electron chi connectivity index (χ2n) is 3.54. The smallest absolute Gasteiger partial charge is 0.255 e. The normalized spacial score (nSPS) is 10.1. The summed E-state index contributed by atoms with van der Waals surface area (Å²) in [7, 11) is 1.69. The van der Waals surface area contributed by atoms with Gasteiger partial charge in [0.1, 0.15) is 0 Å². The van der Waals surface area contributed by atoms with Crippen LogP contribution < -0.4 is 5.73 Å². The number of benzene rings is 1. The van der Waals surface area contributed by atoms with Crippen LogP contribution in [0.5, 0.6) is 0 Å². The van der Waals surface area contributed by atoms with Gasteiger partial charge in [-0.3, -0.25) is 4.79 Å². The molecular formula is C11H12BrClN2OS. The molecule has 0 aliphatic rings. The lowest BCUT2D eigenvalue weighted by Gasteiger charge is -2.17. The maximum Gasteiger partial charge on any atom is 0.255 e. The first-order valence-electron chi connectivity index (χ1n) is 4.91. The molecule has 0 unspecified atom stereocenters. The standard InChI is InChI=1S/C11H12BrClN2OS/c1-15(6-5-9(14)17)11(16)7-3-2-4-8(12)10(7)13/h2-4H,5-6H2,1H3,(H2,14,17). The SMILES string of the molecule is CN(CCC(N)=S)C(=O)c1cccc(Br)c1Cl. The van der Waals surface area contributed by atoms with Crippen molar-refractivity contribution in [3.63, 3.8) is 0 Å². The summed E-state index contributed by atoms with van der Waals surface area (Å²) in [5, 5.41) is 0.416. The van der Waals surface area contributed by atoms with Gasteiger partial charge in [-0.1, -0.05) is 29.9 Å². The molecular weight excluding hydrogens is 324 g/mol. The number of hydrogen-bond donors (Lipinski definition) is 1. The summed E-state index contributed by atoms with van der Waals surface area (Å²) in [6.45, 7) is 0.483. The van der Waals surface area contributed by atoms with E-state index in [1.54, 1.807) is 30.1 Å². The van der Waals surface area contributed by atoms with Crippen LogP contribution in [-0.4, -0.2) is 29.4 Å². The molecule has 6 heteroatoms. The second-order valence-corrected chi connectivity index (χ2v) is 5.30. The van der Waals surface area contributed by atoms with E-state index in [2.05, 4.69) is 15.9 Å². The maximum absolute atomic E-state index is 12.1. The first-order valence-corrected chi connectivity index (χ1v) is 6.49. The van der Waals surface area contributed by atoms with Gasteiger partial charge >= 0.3 is 0 Å². The highest BCUT2D eigenvalue weighted by molar-refractivity contribution is 9.10. The fourth-order valence-corrected chi connectivity index (χ4v) is 1.92. The van der Waals surface area contributed by atoms with E-state index in [9.17, 15) is 4.79 Å². The average molecular weight is 336 g/mol. The Hall–Kier alpha value is -0.650. The first kappa shape index (κ1) is 14.4. The van der Waals surface area contributed by atoms with Gasteiger partial charge in [0.05, 0.1) is 15.6 Å². The van der Waals surface area contributed by atoms with Gasteiger partial charge in [-0.05, 0) is 28.1 Å². The zero-order valence-corrected chi connectivity index (χ0v) is 12.4. The molecule has 0 heterocycles. The van der Waals surface area contributed by atoms with Crippen LogP contribution in [0.4, 0.5) is 0 Å². The molecule has 0 saturated heterocycles. The van der Waals surface area contributed by atoms with Gasteiger partial charge in [-0.15, -0.1) is 0 Å². The molecule has 17 heavy (non-hydrogen) atoms. The topological polar surface area (TPSA) is 46.3 Å². The number of carbonyl (C=O) groups is 1. The molecule has 1 amide bonds. The van der Waals surface area contributed by atoms with Crippen LogP contribution in [0.3, 0.4) is 0 Å². The quantitative estimate of drug-likeness (QED) is 0.861. The van der Waals surface area contributed by atoms with E-state index in [-0.39, 0.29) is 5.91 Å². The van der Waals surface area contributed by atoms with Crippen LogP contribution in [0.25, 0.3) is 0 Å². The zero-order chi connectivity index (χ0) is 13.0. The highest BCUT2D eigenvalue weighted by Crippen LogP contribution is 2.26. The third kappa shape index (κ3) is 3.94. The highest BCUT2D eigenvalue weighted by atomic mass is 79.9. The van der Waals surface area contributed by atoms with Crippen LogP contribution >= 0.6 is 39.7 Å². The lowest BCUT2D eigenvalue weighted by Crippen LogP contribution is -2.30. The summed E-state index contributed by atoms with van der Waals surface area (Å²) in [6.07, 6.45) is 0.503. The van der Waals surface area contributed by atoms with Crippen molar-refractivity contribution >= 4 is 50.6 Å². The number of nitrogens with zero attached hydrogens (tertiary/aromatic N) is 1. The van der Waals surface area contributed by atoms with Crippen molar-refractivity contribution in [2.75, 3.05) is 13.6 Å². The Morgan fingerprint density at radius 1 is 1.59 bits per heavy atom. The largest absolute Gasteiger partial charge is 0.393 e.